The van der Waals surface area contributed by atoms with Gasteiger partial charge in [-0.2, -0.15) is 5.10 Å². The van der Waals surface area contributed by atoms with Crippen LogP contribution in [0.5, 0.6) is 0 Å². The van der Waals surface area contributed by atoms with Gasteiger partial charge in [0.25, 0.3) is 0 Å². The zero-order chi connectivity index (χ0) is 35.3. The Balaban J connectivity index is 1.04. The van der Waals surface area contributed by atoms with Gasteiger partial charge in [0.15, 0.2) is 0 Å². The SMILES string of the molecule is N=C1C=Cc2ccc3ccc(-c4ccc(N(c5ccccc5)c5ccc6c(c5)oc5ccc7ccccc7c56)cc4)cc3c2/C1=N/Nc1ccccc1. The molecule has 1 aliphatic rings. The molecule has 2 N–H and O–H groups in total. The maximum Gasteiger partial charge on any atom is 0.137 e. The van der Waals surface area contributed by atoms with E-state index in [9.17, 15) is 0 Å². The van der Waals surface area contributed by atoms with Gasteiger partial charge in [-0.25, -0.2) is 0 Å². The van der Waals surface area contributed by atoms with E-state index >= 15 is 0 Å². The molecule has 0 spiro atoms. The minimum atomic E-state index is 0.373. The summed E-state index contributed by atoms with van der Waals surface area (Å²) in [6.45, 7) is 0. The van der Waals surface area contributed by atoms with Crippen LogP contribution in [0.2, 0.25) is 0 Å². The second-order valence-electron chi connectivity index (χ2n) is 13.3. The molecule has 0 amide bonds. The van der Waals surface area contributed by atoms with Crippen molar-refractivity contribution in [3.8, 4) is 11.1 Å². The molecule has 5 heteroatoms. The van der Waals surface area contributed by atoms with Crippen molar-refractivity contribution in [2.45, 2.75) is 0 Å². The van der Waals surface area contributed by atoms with Crippen molar-refractivity contribution >= 4 is 83.7 Å². The zero-order valence-corrected chi connectivity index (χ0v) is 28.6. The van der Waals surface area contributed by atoms with E-state index in [1.165, 1.54) is 10.8 Å². The molecule has 0 saturated heterocycles. The minimum Gasteiger partial charge on any atom is -0.456 e. The van der Waals surface area contributed by atoms with Gasteiger partial charge in [0.05, 0.1) is 11.4 Å². The lowest BCUT2D eigenvalue weighted by Crippen LogP contribution is -2.19. The first-order valence-electron chi connectivity index (χ1n) is 17.7. The van der Waals surface area contributed by atoms with E-state index in [0.717, 1.165) is 77.7 Å². The van der Waals surface area contributed by atoms with Crippen LogP contribution in [0.3, 0.4) is 0 Å². The molecule has 1 aromatic heterocycles. The number of rotatable bonds is 6. The fraction of sp³-hybridized carbons (Fsp3) is 0. The molecule has 0 unspecified atom stereocenters. The van der Waals surface area contributed by atoms with Crippen molar-refractivity contribution in [2.75, 3.05) is 10.3 Å². The van der Waals surface area contributed by atoms with Crippen LogP contribution in [-0.4, -0.2) is 11.4 Å². The van der Waals surface area contributed by atoms with E-state index in [0.29, 0.717) is 11.4 Å². The largest absolute Gasteiger partial charge is 0.456 e. The quantitative estimate of drug-likeness (QED) is 0.172. The van der Waals surface area contributed by atoms with Gasteiger partial charge in [0.1, 0.15) is 16.9 Å². The Morgan fingerprint density at radius 1 is 0.509 bits per heavy atom. The number of hydrogen-bond donors (Lipinski definition) is 2. The van der Waals surface area contributed by atoms with Crippen LogP contribution in [0.1, 0.15) is 11.1 Å². The molecule has 53 heavy (non-hydrogen) atoms. The smallest absolute Gasteiger partial charge is 0.137 e. The van der Waals surface area contributed by atoms with Crippen LogP contribution < -0.4 is 10.3 Å². The van der Waals surface area contributed by atoms with Gasteiger partial charge in [0, 0.05) is 39.5 Å². The third-order valence-electron chi connectivity index (χ3n) is 10.1. The summed E-state index contributed by atoms with van der Waals surface area (Å²) < 4.78 is 6.47. The predicted octanol–water partition coefficient (Wildman–Crippen LogP) is 12.9. The number of nitrogens with one attached hydrogen (secondary N) is 2. The lowest BCUT2D eigenvalue weighted by molar-refractivity contribution is 0.669. The number of fused-ring (bicyclic) bond motifs is 8. The standard InChI is InChI=1S/C48H32N4O/c49-43-27-21-34-17-15-33-16-18-35(29-42(33)46(34)48(43)51-50-36-10-3-1-4-11-36)31-19-23-38(24-20-31)52(37-12-5-2-6-13-37)39-25-26-41-45(30-39)53-44-28-22-32-9-7-8-14-40(32)47(41)44/h1-30,49-50H/b49-43?,51-48+. The van der Waals surface area contributed by atoms with E-state index < -0.39 is 0 Å². The molecule has 8 aromatic carbocycles. The molecule has 1 heterocycles. The molecule has 9 aromatic rings. The Morgan fingerprint density at radius 2 is 1.19 bits per heavy atom. The van der Waals surface area contributed by atoms with Gasteiger partial charge in [-0.15, -0.1) is 0 Å². The monoisotopic (exact) mass is 680 g/mol. The highest BCUT2D eigenvalue weighted by Gasteiger charge is 2.21. The lowest BCUT2D eigenvalue weighted by Gasteiger charge is -2.25. The molecular weight excluding hydrogens is 649 g/mol. The number of allylic oxidation sites excluding steroid dienone is 1. The average Bonchev–Trinajstić information content (AvgIpc) is 3.60. The summed E-state index contributed by atoms with van der Waals surface area (Å²) in [5.41, 5.74) is 14.1. The highest BCUT2D eigenvalue weighted by Crippen LogP contribution is 2.41. The van der Waals surface area contributed by atoms with E-state index in [4.69, 9.17) is 14.9 Å². The first-order chi connectivity index (χ1) is 26.2. The minimum absolute atomic E-state index is 0.373. The van der Waals surface area contributed by atoms with Crippen LogP contribution in [0.15, 0.2) is 185 Å². The van der Waals surface area contributed by atoms with Crippen LogP contribution >= 0.6 is 0 Å². The molecule has 0 bridgehead atoms. The third-order valence-corrected chi connectivity index (χ3v) is 10.1. The fourth-order valence-electron chi connectivity index (χ4n) is 7.56. The number of para-hydroxylation sites is 2. The Labute approximate surface area is 306 Å². The first kappa shape index (κ1) is 30.6. The summed E-state index contributed by atoms with van der Waals surface area (Å²) in [4.78, 5) is 2.27. The number of benzene rings is 8. The fourth-order valence-corrected chi connectivity index (χ4v) is 7.56. The summed E-state index contributed by atoms with van der Waals surface area (Å²) in [6.07, 6.45) is 3.82. The number of nitrogens with zero attached hydrogens (tertiary/aromatic N) is 2. The van der Waals surface area contributed by atoms with Crippen molar-refractivity contribution in [1.82, 2.24) is 0 Å². The van der Waals surface area contributed by atoms with Gasteiger partial charge in [-0.3, -0.25) is 10.8 Å². The van der Waals surface area contributed by atoms with Crippen molar-refractivity contribution < 1.29 is 4.42 Å². The van der Waals surface area contributed by atoms with Crippen molar-refractivity contribution in [3.63, 3.8) is 0 Å². The highest BCUT2D eigenvalue weighted by atomic mass is 16.3. The van der Waals surface area contributed by atoms with E-state index in [1.807, 2.05) is 48.6 Å². The topological polar surface area (TPSA) is 64.6 Å². The van der Waals surface area contributed by atoms with Crippen LogP contribution in [-0.2, 0) is 0 Å². The second kappa shape index (κ2) is 12.5. The molecule has 0 radical (unpaired) electrons. The number of hydrogen-bond acceptors (Lipinski definition) is 5. The molecule has 1 aliphatic carbocycles. The van der Waals surface area contributed by atoms with E-state index in [-0.39, 0.29) is 0 Å². The average molecular weight is 681 g/mol. The summed E-state index contributed by atoms with van der Waals surface area (Å²) in [7, 11) is 0. The molecule has 0 atom stereocenters. The molecular formula is C48H32N4O. The molecule has 0 saturated carbocycles. The van der Waals surface area contributed by atoms with Crippen molar-refractivity contribution in [1.29, 1.82) is 5.41 Å². The number of anilines is 4. The maximum absolute atomic E-state index is 8.78. The summed E-state index contributed by atoms with van der Waals surface area (Å²) in [5, 5.41) is 20.3. The van der Waals surface area contributed by atoms with E-state index in [2.05, 4.69) is 144 Å². The first-order valence-corrected chi connectivity index (χ1v) is 17.7. The van der Waals surface area contributed by atoms with Crippen LogP contribution in [0, 0.1) is 5.41 Å². The summed E-state index contributed by atoms with van der Waals surface area (Å²) in [6, 6.07) is 59.0. The molecule has 5 nitrogen and oxygen atoms in total. The van der Waals surface area contributed by atoms with Gasteiger partial charge >= 0.3 is 0 Å². The second-order valence-corrected chi connectivity index (χ2v) is 13.3. The Morgan fingerprint density at radius 3 is 2.04 bits per heavy atom. The molecule has 0 aliphatic heterocycles. The predicted molar refractivity (Wildman–Crippen MR) is 222 cm³/mol. The normalized spacial score (nSPS) is 13.3. The Kier molecular flexibility index (Phi) is 7.22. The van der Waals surface area contributed by atoms with E-state index in [1.54, 1.807) is 0 Å². The van der Waals surface area contributed by atoms with Crippen LogP contribution in [0.4, 0.5) is 22.7 Å². The summed E-state index contributed by atoms with van der Waals surface area (Å²) in [5.74, 6) is 0. The van der Waals surface area contributed by atoms with Gasteiger partial charge in [0.2, 0.25) is 0 Å². The Bertz CT molecular complexity index is 2920. The third kappa shape index (κ3) is 5.34. The van der Waals surface area contributed by atoms with Crippen LogP contribution in [0.25, 0.3) is 60.7 Å². The lowest BCUT2D eigenvalue weighted by atomic mass is 9.88. The molecule has 10 rings (SSSR count). The van der Waals surface area contributed by atoms with Gasteiger partial charge < -0.3 is 9.32 Å². The van der Waals surface area contributed by atoms with Gasteiger partial charge in [-0.05, 0) is 105 Å². The number of furan rings is 1. The van der Waals surface area contributed by atoms with Crippen molar-refractivity contribution in [2.24, 2.45) is 5.10 Å². The molecule has 250 valence electrons. The van der Waals surface area contributed by atoms with Gasteiger partial charge in [-0.1, -0.05) is 109 Å². The molecule has 0 fully saturated rings. The highest BCUT2D eigenvalue weighted by molar-refractivity contribution is 6.55. The zero-order valence-electron chi connectivity index (χ0n) is 28.6. The maximum atomic E-state index is 8.78. The Hall–Kier alpha value is -7.24. The van der Waals surface area contributed by atoms with Crippen molar-refractivity contribution in [3.05, 3.63) is 187 Å². The summed E-state index contributed by atoms with van der Waals surface area (Å²) >= 11 is 0. The number of hydrazone groups is 1.